The highest BCUT2D eigenvalue weighted by Crippen LogP contribution is 1.97. The first-order valence-electron chi connectivity index (χ1n) is 3.15. The third-order valence-electron chi connectivity index (χ3n) is 1.23. The number of hydrogen-bond acceptors (Lipinski definition) is 1. The molecule has 0 saturated carbocycles. The van der Waals surface area contributed by atoms with Crippen molar-refractivity contribution in [3.63, 3.8) is 0 Å². The summed E-state index contributed by atoms with van der Waals surface area (Å²) in [5.41, 5.74) is 0.894. The smallest absolute Gasteiger partial charge is 0.313 e. The Morgan fingerprint density at radius 2 is 2.40 bits per heavy atom. The van der Waals surface area contributed by atoms with E-state index in [1.165, 1.54) is 0 Å². The van der Waals surface area contributed by atoms with E-state index in [-0.39, 0.29) is 5.69 Å². The molecule has 0 aromatic carbocycles. The summed E-state index contributed by atoms with van der Waals surface area (Å²) in [5.74, 6) is 0. The molecule has 0 saturated heterocycles. The van der Waals surface area contributed by atoms with Gasteiger partial charge in [0, 0.05) is 11.9 Å². The normalized spacial score (nSPS) is 10.1. The number of alkyl halides is 1. The highest BCUT2D eigenvalue weighted by Gasteiger charge is 1.93. The van der Waals surface area contributed by atoms with Crippen LogP contribution in [-0.4, -0.2) is 14.4 Å². The summed E-state index contributed by atoms with van der Waals surface area (Å²) in [7, 11) is 0. The SMILES string of the molecule is O=c1[nH]cc(CCCI)[nH]1. The number of imidazole rings is 1. The van der Waals surface area contributed by atoms with Gasteiger partial charge in [-0.15, -0.1) is 0 Å². The van der Waals surface area contributed by atoms with Gasteiger partial charge in [0.05, 0.1) is 0 Å². The van der Waals surface area contributed by atoms with E-state index in [0.29, 0.717) is 0 Å². The van der Waals surface area contributed by atoms with E-state index < -0.39 is 0 Å². The van der Waals surface area contributed by atoms with Crippen LogP contribution < -0.4 is 5.69 Å². The maximum atomic E-state index is 10.5. The number of hydrogen-bond donors (Lipinski definition) is 2. The molecule has 4 heteroatoms. The Morgan fingerprint density at radius 1 is 1.60 bits per heavy atom. The zero-order valence-electron chi connectivity index (χ0n) is 5.48. The molecule has 0 radical (unpaired) electrons. The fourth-order valence-corrected chi connectivity index (χ4v) is 1.14. The van der Waals surface area contributed by atoms with E-state index >= 15 is 0 Å². The molecule has 0 amide bonds. The van der Waals surface area contributed by atoms with Crippen molar-refractivity contribution >= 4 is 22.6 Å². The lowest BCUT2D eigenvalue weighted by Crippen LogP contribution is -2.01. The minimum atomic E-state index is -0.108. The largest absolute Gasteiger partial charge is 0.323 e. The molecule has 3 nitrogen and oxygen atoms in total. The van der Waals surface area contributed by atoms with Gasteiger partial charge in [0.15, 0.2) is 0 Å². The third kappa shape index (κ3) is 2.17. The molecule has 1 rings (SSSR count). The molecular formula is C6H9IN2O. The van der Waals surface area contributed by atoms with E-state index in [1.807, 2.05) is 0 Å². The quantitative estimate of drug-likeness (QED) is 0.613. The molecule has 0 atom stereocenters. The summed E-state index contributed by atoms with van der Waals surface area (Å²) < 4.78 is 1.13. The van der Waals surface area contributed by atoms with E-state index in [0.717, 1.165) is 23.0 Å². The lowest BCUT2D eigenvalue weighted by atomic mass is 10.3. The van der Waals surface area contributed by atoms with Gasteiger partial charge in [0.2, 0.25) is 0 Å². The van der Waals surface area contributed by atoms with Crippen LogP contribution in [0.4, 0.5) is 0 Å². The van der Waals surface area contributed by atoms with Gasteiger partial charge in [-0.1, -0.05) is 22.6 Å². The van der Waals surface area contributed by atoms with E-state index in [1.54, 1.807) is 6.20 Å². The molecule has 1 aromatic rings. The second-order valence-corrected chi connectivity index (χ2v) is 3.14. The molecule has 0 bridgehead atoms. The predicted molar refractivity (Wildman–Crippen MR) is 48.6 cm³/mol. The van der Waals surface area contributed by atoms with Crippen molar-refractivity contribution in [2.24, 2.45) is 0 Å². The fourth-order valence-electron chi connectivity index (χ4n) is 0.763. The van der Waals surface area contributed by atoms with Gasteiger partial charge in [-0.3, -0.25) is 0 Å². The molecule has 0 unspecified atom stereocenters. The topological polar surface area (TPSA) is 48.6 Å². The molecular weight excluding hydrogens is 243 g/mol. The summed E-state index contributed by atoms with van der Waals surface area (Å²) in [4.78, 5) is 15.8. The number of aromatic nitrogens is 2. The summed E-state index contributed by atoms with van der Waals surface area (Å²) in [6.07, 6.45) is 3.81. The molecule has 0 aliphatic heterocycles. The highest BCUT2D eigenvalue weighted by atomic mass is 127. The van der Waals surface area contributed by atoms with Crippen molar-refractivity contribution in [2.45, 2.75) is 12.8 Å². The number of aromatic amines is 2. The Hall–Kier alpha value is -0.260. The molecule has 56 valence electrons. The number of nitrogens with one attached hydrogen (secondary N) is 2. The zero-order chi connectivity index (χ0) is 7.40. The molecule has 0 aliphatic rings. The van der Waals surface area contributed by atoms with Crippen molar-refractivity contribution < 1.29 is 0 Å². The second kappa shape index (κ2) is 3.80. The lowest BCUT2D eigenvalue weighted by Gasteiger charge is -1.89. The van der Waals surface area contributed by atoms with Crippen LogP contribution in [0.2, 0.25) is 0 Å². The summed E-state index contributed by atoms with van der Waals surface area (Å²) >= 11 is 2.32. The van der Waals surface area contributed by atoms with Gasteiger partial charge >= 0.3 is 5.69 Å². The maximum absolute atomic E-state index is 10.5. The van der Waals surface area contributed by atoms with Crippen molar-refractivity contribution in [3.8, 4) is 0 Å². The Bertz CT molecular complexity index is 240. The van der Waals surface area contributed by atoms with Crippen LogP contribution in [-0.2, 0) is 6.42 Å². The molecule has 0 spiro atoms. The number of aryl methyl sites for hydroxylation is 1. The monoisotopic (exact) mass is 252 g/mol. The van der Waals surface area contributed by atoms with Gasteiger partial charge in [0.25, 0.3) is 0 Å². The standard InChI is InChI=1S/C6H9IN2O/c7-3-1-2-5-4-8-6(10)9-5/h4H,1-3H2,(H2,8,9,10). The molecule has 0 fully saturated rings. The summed E-state index contributed by atoms with van der Waals surface area (Å²) in [6.45, 7) is 0. The van der Waals surface area contributed by atoms with Gasteiger partial charge < -0.3 is 9.97 Å². The third-order valence-corrected chi connectivity index (χ3v) is 1.99. The van der Waals surface area contributed by atoms with Gasteiger partial charge in [-0.25, -0.2) is 4.79 Å². The van der Waals surface area contributed by atoms with Crippen LogP contribution in [0.5, 0.6) is 0 Å². The van der Waals surface area contributed by atoms with E-state index in [9.17, 15) is 4.79 Å². The Morgan fingerprint density at radius 3 is 2.90 bits per heavy atom. The summed E-state index contributed by atoms with van der Waals surface area (Å²) in [6, 6.07) is 0. The van der Waals surface area contributed by atoms with Crippen LogP contribution in [0.3, 0.4) is 0 Å². The van der Waals surface area contributed by atoms with Crippen LogP contribution in [0.1, 0.15) is 12.1 Å². The minimum Gasteiger partial charge on any atom is -0.313 e. The average molecular weight is 252 g/mol. The first-order valence-corrected chi connectivity index (χ1v) is 4.68. The van der Waals surface area contributed by atoms with Gasteiger partial charge in [-0.05, 0) is 17.3 Å². The first kappa shape index (κ1) is 7.84. The van der Waals surface area contributed by atoms with Crippen LogP contribution in [0.15, 0.2) is 11.0 Å². The van der Waals surface area contributed by atoms with Crippen LogP contribution >= 0.6 is 22.6 Å². The van der Waals surface area contributed by atoms with Crippen molar-refractivity contribution in [1.29, 1.82) is 0 Å². The van der Waals surface area contributed by atoms with Crippen LogP contribution in [0, 0.1) is 0 Å². The zero-order valence-corrected chi connectivity index (χ0v) is 7.64. The van der Waals surface area contributed by atoms with Crippen molar-refractivity contribution in [2.75, 3.05) is 4.43 Å². The van der Waals surface area contributed by atoms with Crippen molar-refractivity contribution in [3.05, 3.63) is 22.4 Å². The fraction of sp³-hybridized carbons (Fsp3) is 0.500. The van der Waals surface area contributed by atoms with Crippen LogP contribution in [0.25, 0.3) is 0 Å². The molecule has 0 aliphatic carbocycles. The Kier molecular flexibility index (Phi) is 2.98. The Balaban J connectivity index is 2.50. The van der Waals surface area contributed by atoms with E-state index in [2.05, 4.69) is 32.6 Å². The van der Waals surface area contributed by atoms with Gasteiger partial charge in [0.1, 0.15) is 0 Å². The first-order chi connectivity index (χ1) is 4.83. The second-order valence-electron chi connectivity index (χ2n) is 2.06. The Labute approximate surface area is 72.4 Å². The van der Waals surface area contributed by atoms with Gasteiger partial charge in [-0.2, -0.15) is 0 Å². The maximum Gasteiger partial charge on any atom is 0.323 e. The summed E-state index contributed by atoms with van der Waals surface area (Å²) in [5, 5.41) is 0. The number of H-pyrrole nitrogens is 2. The minimum absolute atomic E-state index is 0.108. The average Bonchev–Trinajstić information content (AvgIpc) is 2.31. The highest BCUT2D eigenvalue weighted by molar-refractivity contribution is 14.1. The molecule has 10 heavy (non-hydrogen) atoms. The molecule has 1 aromatic heterocycles. The number of halogens is 1. The van der Waals surface area contributed by atoms with E-state index in [4.69, 9.17) is 0 Å². The number of rotatable bonds is 3. The van der Waals surface area contributed by atoms with Crippen molar-refractivity contribution in [1.82, 2.24) is 9.97 Å². The lowest BCUT2D eigenvalue weighted by molar-refractivity contribution is 0.908. The molecule has 2 N–H and O–H groups in total. The predicted octanol–water partition coefficient (Wildman–Crippen LogP) is 1.07. The molecule has 1 heterocycles.